The molecule has 0 aliphatic rings. The molecule has 0 saturated heterocycles. The number of rotatable bonds is 19. The number of carbonyl (C=O) groups is 5. The Morgan fingerprint density at radius 3 is 1.92 bits per heavy atom. The van der Waals surface area contributed by atoms with Crippen LogP contribution in [0.1, 0.15) is 97.7 Å². The minimum absolute atomic E-state index is 0.0849. The lowest BCUT2D eigenvalue weighted by atomic mass is 9.96. The maximum Gasteiger partial charge on any atom is 0.408 e. The molecule has 49 heavy (non-hydrogen) atoms. The zero-order valence-electron chi connectivity index (χ0n) is 30.1. The van der Waals surface area contributed by atoms with Crippen molar-refractivity contribution >= 4 is 29.6 Å². The quantitative estimate of drug-likeness (QED) is 0.143. The van der Waals surface area contributed by atoms with E-state index in [2.05, 4.69) is 21.3 Å². The van der Waals surface area contributed by atoms with Crippen molar-refractivity contribution in [3.63, 3.8) is 0 Å². The second-order valence-electron chi connectivity index (χ2n) is 14.4. The molecule has 0 radical (unpaired) electrons. The summed E-state index contributed by atoms with van der Waals surface area (Å²) in [4.78, 5) is 63.7. The third kappa shape index (κ3) is 17.1. The zero-order valence-corrected chi connectivity index (χ0v) is 30.1. The summed E-state index contributed by atoms with van der Waals surface area (Å²) >= 11 is 0. The van der Waals surface area contributed by atoms with Gasteiger partial charge in [0.25, 0.3) is 0 Å². The van der Waals surface area contributed by atoms with Crippen LogP contribution in [0.3, 0.4) is 0 Å². The van der Waals surface area contributed by atoms with E-state index in [-0.39, 0.29) is 55.4 Å². The number of alkyl carbamates (subject to hydrolysis) is 1. The van der Waals surface area contributed by atoms with Crippen molar-refractivity contribution in [2.24, 2.45) is 11.8 Å². The number of hydrogen-bond donors (Lipinski definition) is 5. The second kappa shape index (κ2) is 20.3. The zero-order chi connectivity index (χ0) is 36.6. The van der Waals surface area contributed by atoms with Crippen LogP contribution in [0.2, 0.25) is 0 Å². The Bertz CT molecular complexity index is 1340. The average Bonchev–Trinajstić information content (AvgIpc) is 3.01. The number of ketones is 1. The van der Waals surface area contributed by atoms with Gasteiger partial charge >= 0.3 is 6.09 Å². The van der Waals surface area contributed by atoms with Crippen molar-refractivity contribution < 1.29 is 33.8 Å². The summed E-state index contributed by atoms with van der Waals surface area (Å²) in [6.45, 7) is 12.6. The Labute approximate surface area is 291 Å². The Morgan fingerprint density at radius 2 is 1.35 bits per heavy atom. The molecular weight excluding hydrogens is 624 g/mol. The lowest BCUT2D eigenvalue weighted by Crippen LogP contribution is -2.51. The fourth-order valence-electron chi connectivity index (χ4n) is 5.27. The lowest BCUT2D eigenvalue weighted by Gasteiger charge is -2.27. The number of Topliss-reactive ketones (excluding diaryl/α,β-unsaturated/α-hetero) is 1. The van der Waals surface area contributed by atoms with Gasteiger partial charge in [-0.3, -0.25) is 19.2 Å². The van der Waals surface area contributed by atoms with E-state index in [0.29, 0.717) is 19.3 Å². The molecule has 0 fully saturated rings. The Hall–Kier alpha value is -4.25. The number of aliphatic hydroxyl groups excluding tert-OH is 1. The predicted molar refractivity (Wildman–Crippen MR) is 189 cm³/mol. The van der Waals surface area contributed by atoms with Gasteiger partial charge in [-0.1, -0.05) is 88.4 Å². The first-order valence-electron chi connectivity index (χ1n) is 17.2. The molecule has 4 atom stereocenters. The van der Waals surface area contributed by atoms with E-state index in [0.717, 1.165) is 11.1 Å². The van der Waals surface area contributed by atoms with Crippen molar-refractivity contribution in [2.45, 2.75) is 117 Å². The van der Waals surface area contributed by atoms with Crippen molar-refractivity contribution in [1.29, 1.82) is 0 Å². The lowest BCUT2D eigenvalue weighted by molar-refractivity contribution is -0.131. The molecule has 2 aromatic rings. The third-order valence-electron chi connectivity index (χ3n) is 7.55. The first kappa shape index (κ1) is 40.9. The predicted octanol–water partition coefficient (Wildman–Crippen LogP) is 4.77. The van der Waals surface area contributed by atoms with Gasteiger partial charge < -0.3 is 31.1 Å². The monoisotopic (exact) mass is 680 g/mol. The summed E-state index contributed by atoms with van der Waals surface area (Å²) in [5.74, 6) is -1.47. The number of hydrogen-bond acceptors (Lipinski definition) is 7. The summed E-state index contributed by atoms with van der Waals surface area (Å²) in [6.07, 6.45) is -1.19. The van der Waals surface area contributed by atoms with E-state index in [1.807, 2.05) is 88.4 Å². The summed E-state index contributed by atoms with van der Waals surface area (Å²) in [5, 5.41) is 22.2. The van der Waals surface area contributed by atoms with E-state index in [1.54, 1.807) is 20.8 Å². The van der Waals surface area contributed by atoms with E-state index < -0.39 is 41.7 Å². The van der Waals surface area contributed by atoms with E-state index in [1.165, 1.54) is 0 Å². The van der Waals surface area contributed by atoms with Crippen LogP contribution in [0.4, 0.5) is 4.79 Å². The molecule has 2 aromatic carbocycles. The second-order valence-corrected chi connectivity index (χ2v) is 14.4. The molecule has 0 spiro atoms. The number of ether oxygens (including phenoxy) is 1. The highest BCUT2D eigenvalue weighted by Crippen LogP contribution is 2.20. The van der Waals surface area contributed by atoms with E-state index >= 15 is 0 Å². The fourth-order valence-corrected chi connectivity index (χ4v) is 5.27. The number of carbonyl (C=O) groups excluding carboxylic acids is 5. The summed E-state index contributed by atoms with van der Waals surface area (Å²) in [6, 6.07) is 17.6. The van der Waals surface area contributed by atoms with Crippen LogP contribution in [0, 0.1) is 11.8 Å². The number of amides is 4. The first-order chi connectivity index (χ1) is 23.0. The van der Waals surface area contributed by atoms with Gasteiger partial charge in [-0.25, -0.2) is 4.79 Å². The van der Waals surface area contributed by atoms with Crippen LogP contribution in [0.25, 0.3) is 0 Å². The van der Waals surface area contributed by atoms with Crippen LogP contribution in [-0.4, -0.2) is 65.0 Å². The van der Waals surface area contributed by atoms with Gasteiger partial charge in [0.1, 0.15) is 11.6 Å². The highest BCUT2D eigenvalue weighted by molar-refractivity contribution is 5.89. The van der Waals surface area contributed by atoms with Gasteiger partial charge in [0.05, 0.1) is 31.2 Å². The highest BCUT2D eigenvalue weighted by Gasteiger charge is 2.29. The minimum atomic E-state index is -1.23. The molecule has 11 nitrogen and oxygen atoms in total. The Morgan fingerprint density at radius 1 is 0.755 bits per heavy atom. The highest BCUT2D eigenvalue weighted by atomic mass is 16.6. The van der Waals surface area contributed by atoms with Gasteiger partial charge in [-0.15, -0.1) is 0 Å². The van der Waals surface area contributed by atoms with Gasteiger partial charge in [-0.2, -0.15) is 0 Å². The topological polar surface area (TPSA) is 163 Å². The molecule has 0 aromatic heterocycles. The normalized spacial score (nSPS) is 13.9. The van der Waals surface area contributed by atoms with Gasteiger partial charge in [0, 0.05) is 12.8 Å². The summed E-state index contributed by atoms with van der Waals surface area (Å²) < 4.78 is 5.11. The molecule has 4 amide bonds. The smallest absolute Gasteiger partial charge is 0.408 e. The maximum absolute atomic E-state index is 13.7. The molecular formula is C38H56N4O7. The number of nitrogens with one attached hydrogen (secondary N) is 4. The van der Waals surface area contributed by atoms with Crippen LogP contribution >= 0.6 is 0 Å². The van der Waals surface area contributed by atoms with Gasteiger partial charge in [-0.05, 0) is 63.0 Å². The molecule has 0 bridgehead atoms. The molecule has 270 valence electrons. The molecule has 0 saturated carbocycles. The van der Waals surface area contributed by atoms with Gasteiger partial charge in [0.2, 0.25) is 17.7 Å². The standard InChI is InChI=1S/C38H56N4O7/c1-25(2)20-31(40-34(45)19-18-29(43)24-39-37(48)49-38(5,6)7)33(44)23-35(46)41-32(21-26(3)4)36(47)42-30(28-16-12-9-13-17-28)22-27-14-10-8-11-15-27/h8-17,25-26,30-33,44H,18-24H2,1-7H3,(H,39,48)(H,40,45)(H,41,46)(H,42,47). The maximum atomic E-state index is 13.7. The minimum Gasteiger partial charge on any atom is -0.444 e. The fraction of sp³-hybridized carbons (Fsp3) is 0.553. The van der Waals surface area contributed by atoms with Crippen molar-refractivity contribution in [2.75, 3.05) is 6.54 Å². The molecule has 5 N–H and O–H groups in total. The number of benzene rings is 2. The van der Waals surface area contributed by atoms with E-state index in [9.17, 15) is 29.1 Å². The molecule has 4 unspecified atom stereocenters. The van der Waals surface area contributed by atoms with Crippen molar-refractivity contribution in [1.82, 2.24) is 21.3 Å². The molecule has 0 aliphatic carbocycles. The average molecular weight is 681 g/mol. The first-order valence-corrected chi connectivity index (χ1v) is 17.2. The molecule has 11 heteroatoms. The van der Waals surface area contributed by atoms with E-state index in [4.69, 9.17) is 4.74 Å². The van der Waals surface area contributed by atoms with Crippen LogP contribution in [0.5, 0.6) is 0 Å². The third-order valence-corrected chi connectivity index (χ3v) is 7.55. The molecule has 0 aliphatic heterocycles. The molecule has 2 rings (SSSR count). The van der Waals surface area contributed by atoms with Crippen LogP contribution in [0.15, 0.2) is 60.7 Å². The van der Waals surface area contributed by atoms with Gasteiger partial charge in [0.15, 0.2) is 5.78 Å². The Kier molecular flexibility index (Phi) is 17.0. The van der Waals surface area contributed by atoms with Crippen LogP contribution < -0.4 is 21.3 Å². The number of aliphatic hydroxyl groups is 1. The Balaban J connectivity index is 2.01. The van der Waals surface area contributed by atoms with Crippen molar-refractivity contribution in [3.05, 3.63) is 71.8 Å². The van der Waals surface area contributed by atoms with Crippen molar-refractivity contribution in [3.8, 4) is 0 Å². The largest absolute Gasteiger partial charge is 0.444 e. The SMILES string of the molecule is CC(C)CC(NC(=O)CC(O)C(CC(C)C)NC(=O)CCC(=O)CNC(=O)OC(C)(C)C)C(=O)NC(Cc1ccccc1)c1ccccc1. The van der Waals surface area contributed by atoms with Crippen LogP contribution in [-0.2, 0) is 30.3 Å². The molecule has 0 heterocycles. The summed E-state index contributed by atoms with van der Waals surface area (Å²) in [7, 11) is 0. The summed E-state index contributed by atoms with van der Waals surface area (Å²) in [5.41, 5.74) is 1.30.